The molecule has 0 spiro atoms. The molecule has 1 aliphatic heterocycles. The van der Waals surface area contributed by atoms with Crippen LogP contribution in [0.3, 0.4) is 0 Å². The number of urea groups is 1. The molecule has 1 aliphatic rings. The first-order chi connectivity index (χ1) is 11.6. The van der Waals surface area contributed by atoms with Crippen molar-refractivity contribution in [2.75, 3.05) is 48.3 Å². The smallest absolute Gasteiger partial charge is 0.325 e. The molecule has 1 saturated heterocycles. The van der Waals surface area contributed by atoms with Crippen LogP contribution in [0.2, 0.25) is 5.02 Å². The van der Waals surface area contributed by atoms with Gasteiger partial charge in [0.05, 0.1) is 0 Å². The molecule has 0 radical (unpaired) electrons. The molecule has 1 aromatic heterocycles. The molecule has 0 bridgehead atoms. The summed E-state index contributed by atoms with van der Waals surface area (Å²) in [5.41, 5.74) is 0.664. The summed E-state index contributed by atoms with van der Waals surface area (Å²) < 4.78 is 0. The highest BCUT2D eigenvalue weighted by Gasteiger charge is 2.19. The van der Waals surface area contributed by atoms with Gasteiger partial charge in [-0.2, -0.15) is 0 Å². The van der Waals surface area contributed by atoms with E-state index in [4.69, 9.17) is 11.6 Å². The maximum atomic E-state index is 12.0. The monoisotopic (exact) mass is 366 g/mol. The zero-order valence-corrected chi connectivity index (χ0v) is 14.9. The number of halogens is 1. The molecule has 0 atom stereocenters. The minimum atomic E-state index is -0.351. The summed E-state index contributed by atoms with van der Waals surface area (Å²) in [6.45, 7) is 7.15. The number of aromatic nitrogens is 2. The quantitative estimate of drug-likeness (QED) is 0.870. The lowest BCUT2D eigenvalue weighted by Crippen LogP contribution is -2.46. The molecule has 0 unspecified atom stereocenters. The molecule has 2 aromatic rings. The Bertz CT molecular complexity index is 684. The van der Waals surface area contributed by atoms with E-state index >= 15 is 0 Å². The van der Waals surface area contributed by atoms with Crippen LogP contribution in [0.15, 0.2) is 24.3 Å². The topological polar surface area (TPSA) is 73.4 Å². The molecule has 24 heavy (non-hydrogen) atoms. The molecule has 2 heterocycles. The van der Waals surface area contributed by atoms with Crippen LogP contribution in [-0.2, 0) is 0 Å². The van der Waals surface area contributed by atoms with Crippen LogP contribution in [-0.4, -0.2) is 53.9 Å². The average Bonchev–Trinajstić information content (AvgIpc) is 3.05. The number of carbonyl (C=O) groups is 1. The zero-order chi connectivity index (χ0) is 16.9. The Kier molecular flexibility index (Phi) is 5.49. The van der Waals surface area contributed by atoms with Gasteiger partial charge in [0.25, 0.3) is 0 Å². The van der Waals surface area contributed by atoms with Crippen LogP contribution in [0.1, 0.15) is 6.92 Å². The predicted octanol–water partition coefficient (Wildman–Crippen LogP) is 2.98. The molecule has 1 aromatic carbocycles. The summed E-state index contributed by atoms with van der Waals surface area (Å²) in [4.78, 5) is 16.6. The molecular formula is C15H19ClN6OS. The van der Waals surface area contributed by atoms with E-state index in [0.29, 0.717) is 15.8 Å². The van der Waals surface area contributed by atoms with Gasteiger partial charge >= 0.3 is 6.03 Å². The molecule has 128 valence electrons. The summed E-state index contributed by atoms with van der Waals surface area (Å²) in [6.07, 6.45) is 0. The Morgan fingerprint density at radius 1 is 1.17 bits per heavy atom. The van der Waals surface area contributed by atoms with Crippen LogP contribution in [0.25, 0.3) is 0 Å². The van der Waals surface area contributed by atoms with Crippen LogP contribution in [0.4, 0.5) is 20.7 Å². The Balaban J connectivity index is 1.54. The first-order valence-corrected chi connectivity index (χ1v) is 8.98. The van der Waals surface area contributed by atoms with Gasteiger partial charge in [0, 0.05) is 36.9 Å². The van der Waals surface area contributed by atoms with E-state index in [0.717, 1.165) is 37.9 Å². The van der Waals surface area contributed by atoms with E-state index in [-0.39, 0.29) is 6.03 Å². The van der Waals surface area contributed by atoms with E-state index in [9.17, 15) is 4.79 Å². The number of piperazine rings is 1. The highest BCUT2D eigenvalue weighted by molar-refractivity contribution is 7.19. The maximum Gasteiger partial charge on any atom is 0.325 e. The second-order valence-electron chi connectivity index (χ2n) is 5.40. The third-order valence-corrected chi connectivity index (χ3v) is 4.98. The van der Waals surface area contributed by atoms with Crippen LogP contribution in [0, 0.1) is 0 Å². The Labute approximate surface area is 149 Å². The third-order valence-electron chi connectivity index (χ3n) is 3.83. The molecule has 2 N–H and O–H groups in total. The number of hydrogen-bond donors (Lipinski definition) is 2. The first-order valence-electron chi connectivity index (χ1n) is 7.78. The summed E-state index contributed by atoms with van der Waals surface area (Å²) in [7, 11) is 0. The van der Waals surface area contributed by atoms with Crippen molar-refractivity contribution >= 4 is 44.9 Å². The van der Waals surface area contributed by atoms with Gasteiger partial charge in [-0.05, 0) is 30.8 Å². The van der Waals surface area contributed by atoms with Gasteiger partial charge in [-0.3, -0.25) is 5.32 Å². The van der Waals surface area contributed by atoms with Gasteiger partial charge in [0.1, 0.15) is 0 Å². The second-order valence-corrected chi connectivity index (χ2v) is 6.79. The van der Waals surface area contributed by atoms with Crippen LogP contribution in [0.5, 0.6) is 0 Å². The highest BCUT2D eigenvalue weighted by Crippen LogP contribution is 2.25. The van der Waals surface area contributed by atoms with Gasteiger partial charge in [-0.1, -0.05) is 29.9 Å². The van der Waals surface area contributed by atoms with Gasteiger partial charge in [0.15, 0.2) is 0 Å². The second kappa shape index (κ2) is 7.78. The molecule has 0 aliphatic carbocycles. The molecule has 2 amide bonds. The number of rotatable bonds is 4. The summed E-state index contributed by atoms with van der Waals surface area (Å²) >= 11 is 7.20. The number of likely N-dealkylation sites (N-methyl/N-ethyl adjacent to an activating group) is 1. The lowest BCUT2D eigenvalue weighted by molar-refractivity contribution is 0.262. The molecule has 7 nitrogen and oxygen atoms in total. The van der Waals surface area contributed by atoms with E-state index in [1.165, 1.54) is 11.3 Å². The summed E-state index contributed by atoms with van der Waals surface area (Å²) in [5, 5.41) is 15.6. The number of hydrogen-bond acceptors (Lipinski definition) is 6. The maximum absolute atomic E-state index is 12.0. The van der Waals surface area contributed by atoms with Crippen molar-refractivity contribution in [3.05, 3.63) is 29.3 Å². The predicted molar refractivity (Wildman–Crippen MR) is 98.3 cm³/mol. The largest absolute Gasteiger partial charge is 0.344 e. The fourth-order valence-electron chi connectivity index (χ4n) is 2.44. The van der Waals surface area contributed by atoms with Gasteiger partial charge in [-0.25, -0.2) is 4.79 Å². The zero-order valence-electron chi connectivity index (χ0n) is 13.3. The minimum Gasteiger partial charge on any atom is -0.344 e. The van der Waals surface area contributed by atoms with E-state index in [1.807, 2.05) is 0 Å². The number of amides is 2. The molecule has 1 fully saturated rings. The normalized spacial score (nSPS) is 15.3. The van der Waals surface area contributed by atoms with Crippen molar-refractivity contribution in [1.29, 1.82) is 0 Å². The fraction of sp³-hybridized carbons (Fsp3) is 0.400. The molecule has 9 heteroatoms. The van der Waals surface area contributed by atoms with E-state index in [2.05, 4.69) is 37.6 Å². The van der Waals surface area contributed by atoms with Crippen molar-refractivity contribution in [2.24, 2.45) is 0 Å². The fourth-order valence-corrected chi connectivity index (χ4v) is 3.36. The SMILES string of the molecule is CCN1CCN(c2nnc(NC(=O)Nc3ccc(Cl)cc3)s2)CC1. The van der Waals surface area contributed by atoms with Gasteiger partial charge < -0.3 is 15.1 Å². The van der Waals surface area contributed by atoms with Crippen molar-refractivity contribution in [2.45, 2.75) is 6.92 Å². The number of benzene rings is 1. The number of carbonyl (C=O) groups excluding carboxylic acids is 1. The van der Waals surface area contributed by atoms with Crippen molar-refractivity contribution in [1.82, 2.24) is 15.1 Å². The van der Waals surface area contributed by atoms with Crippen LogP contribution >= 0.6 is 22.9 Å². The lowest BCUT2D eigenvalue weighted by Gasteiger charge is -2.33. The number of anilines is 3. The molecule has 3 rings (SSSR count). The third kappa shape index (κ3) is 4.34. The van der Waals surface area contributed by atoms with Crippen LogP contribution < -0.4 is 15.5 Å². The minimum absolute atomic E-state index is 0.351. The Hall–Kier alpha value is -1.90. The van der Waals surface area contributed by atoms with Gasteiger partial charge in [0.2, 0.25) is 10.3 Å². The summed E-state index contributed by atoms with van der Waals surface area (Å²) in [6, 6.07) is 6.56. The van der Waals surface area contributed by atoms with Crippen molar-refractivity contribution in [3.8, 4) is 0 Å². The van der Waals surface area contributed by atoms with Gasteiger partial charge in [-0.15, -0.1) is 10.2 Å². The molecule has 0 saturated carbocycles. The number of nitrogens with zero attached hydrogens (tertiary/aromatic N) is 4. The van der Waals surface area contributed by atoms with E-state index in [1.54, 1.807) is 24.3 Å². The average molecular weight is 367 g/mol. The summed E-state index contributed by atoms with van der Waals surface area (Å²) in [5.74, 6) is 0. The van der Waals surface area contributed by atoms with Crippen molar-refractivity contribution < 1.29 is 4.79 Å². The Morgan fingerprint density at radius 2 is 1.88 bits per heavy atom. The Morgan fingerprint density at radius 3 is 2.54 bits per heavy atom. The lowest BCUT2D eigenvalue weighted by atomic mass is 10.3. The van der Waals surface area contributed by atoms with Crippen molar-refractivity contribution in [3.63, 3.8) is 0 Å². The highest BCUT2D eigenvalue weighted by atomic mass is 35.5. The molecular weight excluding hydrogens is 348 g/mol. The van der Waals surface area contributed by atoms with E-state index < -0.39 is 0 Å². The number of nitrogens with one attached hydrogen (secondary N) is 2. The standard InChI is InChI=1S/C15H19ClN6OS/c1-2-21-7-9-22(10-8-21)15-20-19-14(24-15)18-13(23)17-12-5-3-11(16)4-6-12/h3-6H,2,7-10H2,1H3,(H2,17,18,19,23). The first kappa shape index (κ1) is 16.9.